The van der Waals surface area contributed by atoms with Gasteiger partial charge < -0.3 is 5.73 Å². The fraction of sp³-hybridized carbons (Fsp3) is 0.500. The number of benzene rings is 1. The van der Waals surface area contributed by atoms with Crippen LogP contribution in [0.2, 0.25) is 0 Å². The molecular weight excluding hydrogens is 236 g/mol. The van der Waals surface area contributed by atoms with Crippen LogP contribution in [-0.2, 0) is 10.0 Å². The quantitative estimate of drug-likeness (QED) is 0.843. The molecule has 0 bridgehead atoms. The summed E-state index contributed by atoms with van der Waals surface area (Å²) >= 11 is 0. The van der Waals surface area contributed by atoms with E-state index in [4.69, 9.17) is 5.73 Å². The molecule has 1 rings (SSSR count). The van der Waals surface area contributed by atoms with Crippen LogP contribution in [0.3, 0.4) is 0 Å². The first-order valence-corrected chi connectivity index (χ1v) is 7.24. The largest absolute Gasteiger partial charge is 0.329 e. The van der Waals surface area contributed by atoms with Crippen molar-refractivity contribution in [2.45, 2.75) is 32.4 Å². The Bertz CT molecular complexity index is 479. The van der Waals surface area contributed by atoms with E-state index < -0.39 is 15.3 Å². The van der Waals surface area contributed by atoms with Crippen molar-refractivity contribution in [3.63, 3.8) is 0 Å². The summed E-state index contributed by atoms with van der Waals surface area (Å²) in [6.07, 6.45) is 0.511. The molecule has 0 heterocycles. The van der Waals surface area contributed by atoms with Crippen LogP contribution in [0.1, 0.15) is 24.5 Å². The summed E-state index contributed by atoms with van der Waals surface area (Å²) in [6, 6.07) is 5.50. The summed E-state index contributed by atoms with van der Waals surface area (Å²) < 4.78 is 26.5. The van der Waals surface area contributed by atoms with Crippen LogP contribution in [0, 0.1) is 13.8 Å². The first kappa shape index (κ1) is 14.0. The van der Waals surface area contributed by atoms with Gasteiger partial charge in [0.25, 0.3) is 0 Å². The molecule has 0 amide bonds. The van der Waals surface area contributed by atoms with E-state index in [0.29, 0.717) is 12.1 Å². The van der Waals surface area contributed by atoms with Crippen molar-refractivity contribution in [1.29, 1.82) is 0 Å². The standard InChI is InChI=1S/C12H20N2O2S/c1-4-12(8-13)17(15,16)14-11-6-5-9(2)10(3)7-11/h5-7,12,14H,4,8,13H2,1-3H3. The second-order valence-electron chi connectivity index (χ2n) is 4.21. The number of nitrogens with one attached hydrogen (secondary N) is 1. The monoisotopic (exact) mass is 256 g/mol. The highest BCUT2D eigenvalue weighted by molar-refractivity contribution is 7.93. The van der Waals surface area contributed by atoms with Crippen LogP contribution >= 0.6 is 0 Å². The van der Waals surface area contributed by atoms with Gasteiger partial charge >= 0.3 is 0 Å². The summed E-state index contributed by atoms with van der Waals surface area (Å²) in [5.74, 6) is 0. The van der Waals surface area contributed by atoms with Gasteiger partial charge in [-0.05, 0) is 43.5 Å². The maximum Gasteiger partial charge on any atom is 0.236 e. The van der Waals surface area contributed by atoms with Crippen molar-refractivity contribution in [2.75, 3.05) is 11.3 Å². The molecule has 3 N–H and O–H groups in total. The number of aryl methyl sites for hydroxylation is 2. The molecule has 0 radical (unpaired) electrons. The molecule has 5 heteroatoms. The van der Waals surface area contributed by atoms with Crippen LogP contribution < -0.4 is 10.5 Å². The highest BCUT2D eigenvalue weighted by Gasteiger charge is 2.22. The molecule has 0 fully saturated rings. The molecule has 1 unspecified atom stereocenters. The molecule has 0 spiro atoms. The Morgan fingerprint density at radius 1 is 1.29 bits per heavy atom. The normalized spacial score (nSPS) is 13.4. The number of anilines is 1. The van der Waals surface area contributed by atoms with Crippen molar-refractivity contribution in [1.82, 2.24) is 0 Å². The van der Waals surface area contributed by atoms with Gasteiger partial charge in [0.2, 0.25) is 10.0 Å². The van der Waals surface area contributed by atoms with Crippen molar-refractivity contribution >= 4 is 15.7 Å². The van der Waals surface area contributed by atoms with E-state index in [2.05, 4.69) is 4.72 Å². The lowest BCUT2D eigenvalue weighted by Crippen LogP contribution is -2.33. The smallest absolute Gasteiger partial charge is 0.236 e. The van der Waals surface area contributed by atoms with Gasteiger partial charge in [-0.2, -0.15) is 0 Å². The van der Waals surface area contributed by atoms with E-state index in [-0.39, 0.29) is 6.54 Å². The van der Waals surface area contributed by atoms with Gasteiger partial charge in [0.1, 0.15) is 0 Å². The molecule has 4 nitrogen and oxygen atoms in total. The molecule has 17 heavy (non-hydrogen) atoms. The van der Waals surface area contributed by atoms with E-state index in [1.807, 2.05) is 32.9 Å². The van der Waals surface area contributed by atoms with Gasteiger partial charge in [0.15, 0.2) is 0 Å². The highest BCUT2D eigenvalue weighted by atomic mass is 32.2. The van der Waals surface area contributed by atoms with E-state index in [1.165, 1.54) is 0 Å². The second kappa shape index (κ2) is 5.51. The Morgan fingerprint density at radius 3 is 2.41 bits per heavy atom. The zero-order valence-electron chi connectivity index (χ0n) is 10.5. The zero-order chi connectivity index (χ0) is 13.1. The van der Waals surface area contributed by atoms with Gasteiger partial charge in [-0.15, -0.1) is 0 Å². The predicted octanol–water partition coefficient (Wildman–Crippen LogP) is 1.78. The van der Waals surface area contributed by atoms with Crippen molar-refractivity contribution in [3.8, 4) is 0 Å². The fourth-order valence-corrected chi connectivity index (χ4v) is 2.88. The topological polar surface area (TPSA) is 72.2 Å². The molecule has 0 aliphatic heterocycles. The van der Waals surface area contributed by atoms with Gasteiger partial charge in [0, 0.05) is 12.2 Å². The molecule has 0 aliphatic carbocycles. The Balaban J connectivity index is 2.94. The molecule has 0 saturated heterocycles. The lowest BCUT2D eigenvalue weighted by Gasteiger charge is -2.16. The third-order valence-electron chi connectivity index (χ3n) is 2.92. The van der Waals surface area contributed by atoms with Crippen LogP contribution in [0.5, 0.6) is 0 Å². The Kier molecular flexibility index (Phi) is 4.54. The molecule has 1 aromatic carbocycles. The van der Waals surface area contributed by atoms with E-state index in [0.717, 1.165) is 11.1 Å². The summed E-state index contributed by atoms with van der Waals surface area (Å²) in [5, 5.41) is -0.538. The molecule has 0 aliphatic rings. The highest BCUT2D eigenvalue weighted by Crippen LogP contribution is 2.17. The minimum Gasteiger partial charge on any atom is -0.329 e. The number of hydrogen-bond acceptors (Lipinski definition) is 3. The Morgan fingerprint density at radius 2 is 1.94 bits per heavy atom. The Labute approximate surface area is 103 Å². The van der Waals surface area contributed by atoms with Crippen LogP contribution in [0.15, 0.2) is 18.2 Å². The minimum absolute atomic E-state index is 0.136. The molecule has 1 aromatic rings. The number of rotatable bonds is 5. The van der Waals surface area contributed by atoms with E-state index in [1.54, 1.807) is 6.07 Å². The number of hydrogen-bond donors (Lipinski definition) is 2. The second-order valence-corrected chi connectivity index (χ2v) is 6.17. The van der Waals surface area contributed by atoms with Crippen molar-refractivity contribution in [2.24, 2.45) is 5.73 Å². The van der Waals surface area contributed by atoms with Crippen molar-refractivity contribution < 1.29 is 8.42 Å². The summed E-state index contributed by atoms with van der Waals surface area (Å²) in [6.45, 7) is 5.89. The third-order valence-corrected chi connectivity index (χ3v) is 4.85. The fourth-order valence-electron chi connectivity index (χ4n) is 1.57. The van der Waals surface area contributed by atoms with E-state index >= 15 is 0 Å². The molecular formula is C12H20N2O2S. The molecule has 1 atom stereocenters. The van der Waals surface area contributed by atoms with Gasteiger partial charge in [0.05, 0.1) is 5.25 Å². The van der Waals surface area contributed by atoms with Crippen LogP contribution in [-0.4, -0.2) is 20.2 Å². The molecule has 0 saturated carbocycles. The van der Waals surface area contributed by atoms with Crippen LogP contribution in [0.4, 0.5) is 5.69 Å². The van der Waals surface area contributed by atoms with Crippen LogP contribution in [0.25, 0.3) is 0 Å². The first-order valence-electron chi connectivity index (χ1n) is 5.69. The third kappa shape index (κ3) is 3.44. The molecule has 96 valence electrons. The number of nitrogens with two attached hydrogens (primary N) is 1. The average molecular weight is 256 g/mol. The zero-order valence-corrected chi connectivity index (χ0v) is 11.3. The average Bonchev–Trinajstić information content (AvgIpc) is 2.24. The van der Waals surface area contributed by atoms with Gasteiger partial charge in [-0.25, -0.2) is 8.42 Å². The maximum absolute atomic E-state index is 12.0. The van der Waals surface area contributed by atoms with E-state index in [9.17, 15) is 8.42 Å². The SMILES string of the molecule is CCC(CN)S(=O)(=O)Nc1ccc(C)c(C)c1. The lowest BCUT2D eigenvalue weighted by molar-refractivity contribution is 0.581. The predicted molar refractivity (Wildman–Crippen MR) is 71.6 cm³/mol. The summed E-state index contributed by atoms with van der Waals surface area (Å²) in [4.78, 5) is 0. The Hall–Kier alpha value is -1.07. The van der Waals surface area contributed by atoms with Crippen molar-refractivity contribution in [3.05, 3.63) is 29.3 Å². The maximum atomic E-state index is 12.0. The minimum atomic E-state index is -3.38. The number of sulfonamides is 1. The van der Waals surface area contributed by atoms with Gasteiger partial charge in [-0.3, -0.25) is 4.72 Å². The summed E-state index contributed by atoms with van der Waals surface area (Å²) in [7, 11) is -3.38. The summed E-state index contributed by atoms with van der Waals surface area (Å²) in [5.41, 5.74) is 8.25. The lowest BCUT2D eigenvalue weighted by atomic mass is 10.1. The molecule has 0 aromatic heterocycles. The first-order chi connectivity index (χ1) is 7.90. The van der Waals surface area contributed by atoms with Gasteiger partial charge in [-0.1, -0.05) is 13.0 Å².